The molecule has 9 N–H and O–H groups in total. The van der Waals surface area contributed by atoms with Gasteiger partial charge in [-0.3, -0.25) is 39.4 Å². The van der Waals surface area contributed by atoms with E-state index in [0.717, 1.165) is 64.0 Å². The average molecular weight is 1260 g/mol. The number of amides is 4. The van der Waals surface area contributed by atoms with Crippen molar-refractivity contribution in [1.29, 1.82) is 0 Å². The number of ether oxygens (including phenoxy) is 6. The predicted octanol–water partition coefficient (Wildman–Crippen LogP) is 6.24. The smallest absolute Gasteiger partial charge is 0.286 e. The summed E-state index contributed by atoms with van der Waals surface area (Å²) in [7, 11) is 3.89. The van der Waals surface area contributed by atoms with E-state index in [9.17, 15) is 59.8 Å². The van der Waals surface area contributed by atoms with E-state index in [-0.39, 0.29) is 104 Å². The van der Waals surface area contributed by atoms with Gasteiger partial charge in [0.05, 0.1) is 124 Å². The maximum atomic E-state index is 13.1. The summed E-state index contributed by atoms with van der Waals surface area (Å²) in [6.07, 6.45) is 10.2. The molecule has 27 nitrogen and oxygen atoms in total. The SMILES string of the molecule is CO.COc1cc(C(=O)N2CCC[C@H]2CO)c(N)cc1OCCCCCOc1cc(N)c(C(=O)N2CCC[C@H]2CO)cc1C.COc1cc(C(=O)N2CCC[C@H]2CO)c([N+](=O)[O-])cc1OCCCCCOc1cc([N+](=O)[O-])c(C(=O)N2CCC[C@H]2CO)cc1C. The Bertz CT molecular complexity index is 3110. The number of aryl methyl sites for hydroxylation is 2. The molecule has 27 heteroatoms. The zero-order valence-electron chi connectivity index (χ0n) is 52.1. The second-order valence-corrected chi connectivity index (χ2v) is 22.4. The van der Waals surface area contributed by atoms with E-state index in [4.69, 9.17) is 45.0 Å². The summed E-state index contributed by atoms with van der Waals surface area (Å²) < 4.78 is 34.3. The van der Waals surface area contributed by atoms with Crippen LogP contribution in [0.4, 0.5) is 22.7 Å². The van der Waals surface area contributed by atoms with Gasteiger partial charge in [-0.25, -0.2) is 0 Å². The van der Waals surface area contributed by atoms with Crippen LogP contribution in [0.5, 0.6) is 34.5 Å². The number of rotatable bonds is 28. The lowest BCUT2D eigenvalue weighted by atomic mass is 10.1. The topological polar surface area (TPSA) is 376 Å². The Hall–Kier alpha value is -8.24. The first kappa shape index (κ1) is 70.8. The molecule has 4 atom stereocenters. The van der Waals surface area contributed by atoms with Gasteiger partial charge >= 0.3 is 0 Å². The number of hydrogen-bond donors (Lipinski definition) is 7. The fraction of sp³-hybridized carbons (Fsp3) is 0.556. The van der Waals surface area contributed by atoms with Crippen LogP contribution in [-0.4, -0.2) is 203 Å². The normalized spacial score (nSPS) is 17.7. The molecule has 0 aromatic heterocycles. The molecule has 0 saturated carbocycles. The molecule has 0 bridgehead atoms. The van der Waals surface area contributed by atoms with E-state index in [1.54, 1.807) is 41.0 Å². The van der Waals surface area contributed by atoms with Crippen LogP contribution in [0.25, 0.3) is 0 Å². The number of anilines is 2. The highest BCUT2D eigenvalue weighted by Crippen LogP contribution is 2.39. The van der Waals surface area contributed by atoms with Gasteiger partial charge in [-0.2, -0.15) is 0 Å². The van der Waals surface area contributed by atoms with Gasteiger partial charge in [0.1, 0.15) is 22.6 Å². The third kappa shape index (κ3) is 17.6. The number of nitrogens with zero attached hydrogens (tertiary/aromatic N) is 6. The number of unbranched alkanes of at least 4 members (excludes halogenated alkanes) is 4. The van der Waals surface area contributed by atoms with Crippen LogP contribution in [0, 0.1) is 34.1 Å². The van der Waals surface area contributed by atoms with Crippen molar-refractivity contribution in [1.82, 2.24) is 19.6 Å². The second-order valence-electron chi connectivity index (χ2n) is 22.4. The van der Waals surface area contributed by atoms with E-state index in [1.165, 1.54) is 48.3 Å². The van der Waals surface area contributed by atoms with Crippen molar-refractivity contribution >= 4 is 46.4 Å². The number of nitrogen functional groups attached to an aromatic ring is 2. The highest BCUT2D eigenvalue weighted by molar-refractivity contribution is 6.02. The summed E-state index contributed by atoms with van der Waals surface area (Å²) in [5.74, 6) is 0.756. The molecule has 4 heterocycles. The number of aliphatic hydroxyl groups excluding tert-OH is 5. The Morgan fingerprint density at radius 2 is 0.722 bits per heavy atom. The van der Waals surface area contributed by atoms with Crippen molar-refractivity contribution in [2.24, 2.45) is 0 Å². The van der Waals surface area contributed by atoms with Crippen molar-refractivity contribution in [3.8, 4) is 34.5 Å². The number of likely N-dealkylation sites (tertiary alicyclic amines) is 4. The van der Waals surface area contributed by atoms with Crippen molar-refractivity contribution in [3.05, 3.63) is 102 Å². The lowest BCUT2D eigenvalue weighted by Crippen LogP contribution is -2.38. The summed E-state index contributed by atoms with van der Waals surface area (Å²) in [5.41, 5.74) is 14.4. The minimum absolute atomic E-state index is 0.0363. The fourth-order valence-electron chi connectivity index (χ4n) is 11.7. The van der Waals surface area contributed by atoms with Crippen LogP contribution < -0.4 is 39.9 Å². The van der Waals surface area contributed by atoms with Gasteiger partial charge < -0.3 is 85.0 Å². The quantitative estimate of drug-likeness (QED) is 0.0143. The molecule has 4 fully saturated rings. The van der Waals surface area contributed by atoms with Crippen LogP contribution >= 0.6 is 0 Å². The predicted molar refractivity (Wildman–Crippen MR) is 333 cm³/mol. The largest absolute Gasteiger partial charge is 0.493 e. The number of methoxy groups -OCH3 is 2. The molecule has 0 aliphatic carbocycles. The lowest BCUT2D eigenvalue weighted by molar-refractivity contribution is -0.385. The van der Waals surface area contributed by atoms with E-state index in [2.05, 4.69) is 0 Å². The van der Waals surface area contributed by atoms with E-state index in [1.807, 2.05) is 6.92 Å². The number of carbonyl (C=O) groups is 4. The zero-order chi connectivity index (χ0) is 65.6. The summed E-state index contributed by atoms with van der Waals surface area (Å²) in [5, 5.41) is 68.9. The van der Waals surface area contributed by atoms with Crippen LogP contribution in [0.15, 0.2) is 48.5 Å². The molecule has 4 aliphatic heterocycles. The van der Waals surface area contributed by atoms with Crippen LogP contribution in [-0.2, 0) is 0 Å². The maximum absolute atomic E-state index is 13.1. The van der Waals surface area contributed by atoms with Crippen LogP contribution in [0.3, 0.4) is 0 Å². The molecule has 4 aliphatic rings. The minimum Gasteiger partial charge on any atom is -0.493 e. The van der Waals surface area contributed by atoms with E-state index < -0.39 is 27.3 Å². The Kier molecular flexibility index (Phi) is 27.3. The van der Waals surface area contributed by atoms with Crippen molar-refractivity contribution < 1.29 is 83.0 Å². The third-order valence-electron chi connectivity index (χ3n) is 16.6. The van der Waals surface area contributed by atoms with Crippen molar-refractivity contribution in [3.63, 3.8) is 0 Å². The number of nitro groups is 2. The Morgan fingerprint density at radius 3 is 1.08 bits per heavy atom. The first-order valence-corrected chi connectivity index (χ1v) is 30.6. The molecule has 4 saturated heterocycles. The van der Waals surface area contributed by atoms with Gasteiger partial charge in [-0.1, -0.05) is 0 Å². The summed E-state index contributed by atoms with van der Waals surface area (Å²) in [6, 6.07) is 10.8. The van der Waals surface area contributed by atoms with Crippen molar-refractivity contribution in [2.75, 3.05) is 112 Å². The second kappa shape index (κ2) is 34.7. The van der Waals surface area contributed by atoms with Crippen LogP contribution in [0.2, 0.25) is 0 Å². The van der Waals surface area contributed by atoms with Crippen LogP contribution in [0.1, 0.15) is 142 Å². The molecule has 0 spiro atoms. The molecule has 4 aromatic rings. The number of nitro benzene ring substituents is 2. The lowest BCUT2D eigenvalue weighted by Gasteiger charge is -2.24. The highest BCUT2D eigenvalue weighted by Gasteiger charge is 2.37. The Balaban J connectivity index is 0.000000280. The molecule has 4 aromatic carbocycles. The summed E-state index contributed by atoms with van der Waals surface area (Å²) in [6.45, 7) is 6.50. The summed E-state index contributed by atoms with van der Waals surface area (Å²) in [4.78, 5) is 80.9. The van der Waals surface area contributed by atoms with Gasteiger partial charge in [0.2, 0.25) is 0 Å². The number of benzene rings is 4. The molecule has 0 radical (unpaired) electrons. The van der Waals surface area contributed by atoms with E-state index in [0.29, 0.717) is 129 Å². The number of nitrogens with two attached hydrogens (primary N) is 2. The number of aliphatic hydroxyl groups is 5. The molecule has 0 unspecified atom stereocenters. The maximum Gasteiger partial charge on any atom is 0.286 e. The van der Waals surface area contributed by atoms with Gasteiger partial charge in [0.25, 0.3) is 35.0 Å². The molecular formula is C63H88N8O19. The first-order valence-electron chi connectivity index (χ1n) is 30.6. The minimum atomic E-state index is -0.645. The Morgan fingerprint density at radius 1 is 0.444 bits per heavy atom. The molecule has 90 heavy (non-hydrogen) atoms. The monoisotopic (exact) mass is 1260 g/mol. The third-order valence-corrected chi connectivity index (χ3v) is 16.6. The highest BCUT2D eigenvalue weighted by atomic mass is 16.6. The molecule has 4 amide bonds. The van der Waals surface area contributed by atoms with Gasteiger partial charge in [0, 0.05) is 62.9 Å². The Labute approximate surface area is 523 Å². The van der Waals surface area contributed by atoms with Crippen molar-refractivity contribution in [2.45, 2.75) is 128 Å². The summed E-state index contributed by atoms with van der Waals surface area (Å²) >= 11 is 0. The average Bonchev–Trinajstić information content (AvgIpc) is 1.56. The first-order chi connectivity index (χ1) is 43.4. The molecular weight excluding hydrogens is 1170 g/mol. The fourth-order valence-corrected chi connectivity index (χ4v) is 11.7. The number of carbonyl (C=O) groups excluding carboxylic acids is 4. The van der Waals surface area contributed by atoms with Gasteiger partial charge in [-0.05, 0) is 133 Å². The standard InChI is InChI=1S/C31H40N4O11.C31H44N4O7.CH4O/c1-20-14-23(30(38)32-10-6-8-21(32)18-36)25(34(40)41)16-27(20)45-12-4-3-5-13-46-29-17-26(35(42)43)24(15-28(29)44-2)31(39)33-11-7-9-22(33)19-37;1-20-14-23(30(38)34-10-6-8-21(34)18-36)25(32)16-27(20)41-12-4-3-5-13-42-29-17-26(33)24(15-28(29)40-2)31(39)35-11-7-9-22(35)19-37;1-2/h14-17,21-22,36-37H,3-13,18-19H2,1-2H3;14-17,21-22,36-37H,3-13,18-19,32-33H2,1-2H3;2H,1H3/t2*21-,22-;/m00./s1. The van der Waals surface area contributed by atoms with Gasteiger partial charge in [0.15, 0.2) is 23.0 Å². The number of hydrogen-bond acceptors (Lipinski definition) is 21. The molecule has 494 valence electrons. The zero-order valence-corrected chi connectivity index (χ0v) is 52.1. The van der Waals surface area contributed by atoms with E-state index >= 15 is 0 Å². The van der Waals surface area contributed by atoms with Gasteiger partial charge in [-0.15, -0.1) is 0 Å². The molecule has 8 rings (SSSR count).